The van der Waals surface area contributed by atoms with Gasteiger partial charge in [-0.25, -0.2) is 0 Å². The smallest absolute Gasteiger partial charge is 0.244 e. The summed E-state index contributed by atoms with van der Waals surface area (Å²) >= 11 is 0. The number of piperidine rings is 1. The van der Waals surface area contributed by atoms with Gasteiger partial charge in [0.25, 0.3) is 0 Å². The van der Waals surface area contributed by atoms with Crippen LogP contribution in [0.25, 0.3) is 0 Å². The summed E-state index contributed by atoms with van der Waals surface area (Å²) in [4.78, 5) is 26.2. The molecule has 22 heavy (non-hydrogen) atoms. The topological polar surface area (TPSA) is 61.4 Å². The van der Waals surface area contributed by atoms with E-state index in [1.165, 1.54) is 0 Å². The van der Waals surface area contributed by atoms with Crippen molar-refractivity contribution in [1.82, 2.24) is 15.5 Å². The van der Waals surface area contributed by atoms with E-state index in [1.807, 2.05) is 25.7 Å². The fraction of sp³-hybridized carbons (Fsp3) is 0.875. The molecular weight excluding hydrogens is 302 g/mol. The average molecular weight is 334 g/mol. The molecule has 0 aromatic heterocycles. The quantitative estimate of drug-likeness (QED) is 0.806. The summed E-state index contributed by atoms with van der Waals surface area (Å²) in [5, 5.41) is 6.19. The monoisotopic (exact) mass is 333 g/mol. The van der Waals surface area contributed by atoms with Crippen molar-refractivity contribution in [2.45, 2.75) is 53.5 Å². The highest BCUT2D eigenvalue weighted by Crippen LogP contribution is 2.18. The minimum atomic E-state index is -0.465. The Hall–Kier alpha value is -0.810. The molecule has 1 saturated heterocycles. The molecule has 1 unspecified atom stereocenters. The van der Waals surface area contributed by atoms with Crippen molar-refractivity contribution in [3.8, 4) is 0 Å². The Kier molecular flexibility index (Phi) is 9.01. The Morgan fingerprint density at radius 1 is 1.23 bits per heavy atom. The molecule has 6 heteroatoms. The summed E-state index contributed by atoms with van der Waals surface area (Å²) in [7, 11) is 0. The van der Waals surface area contributed by atoms with Crippen LogP contribution in [0, 0.1) is 11.3 Å². The molecule has 0 spiro atoms. The van der Waals surface area contributed by atoms with Gasteiger partial charge in [-0.15, -0.1) is 12.4 Å². The molecule has 5 nitrogen and oxygen atoms in total. The summed E-state index contributed by atoms with van der Waals surface area (Å²) in [6.45, 7) is 13.1. The third kappa shape index (κ3) is 6.53. The molecule has 1 rings (SSSR count). The van der Waals surface area contributed by atoms with Crippen molar-refractivity contribution in [1.29, 1.82) is 0 Å². The van der Waals surface area contributed by atoms with Gasteiger partial charge in [0, 0.05) is 18.5 Å². The molecule has 0 bridgehead atoms. The van der Waals surface area contributed by atoms with Gasteiger partial charge in [0.05, 0.1) is 0 Å². The molecule has 1 fully saturated rings. The van der Waals surface area contributed by atoms with E-state index >= 15 is 0 Å². The van der Waals surface area contributed by atoms with Gasteiger partial charge in [0.2, 0.25) is 11.8 Å². The molecule has 0 aromatic rings. The highest BCUT2D eigenvalue weighted by atomic mass is 35.5. The summed E-state index contributed by atoms with van der Waals surface area (Å²) < 4.78 is 0. The first-order valence-corrected chi connectivity index (χ1v) is 8.06. The van der Waals surface area contributed by atoms with E-state index in [9.17, 15) is 9.59 Å². The second-order valence-corrected chi connectivity index (χ2v) is 7.02. The zero-order valence-electron chi connectivity index (χ0n) is 14.6. The Morgan fingerprint density at radius 2 is 1.77 bits per heavy atom. The van der Waals surface area contributed by atoms with Crippen LogP contribution < -0.4 is 10.6 Å². The van der Waals surface area contributed by atoms with Crippen LogP contribution in [-0.4, -0.2) is 48.9 Å². The van der Waals surface area contributed by atoms with Gasteiger partial charge in [-0.2, -0.15) is 0 Å². The number of hydrogen-bond donors (Lipinski definition) is 2. The number of hydrogen-bond acceptors (Lipinski definition) is 3. The highest BCUT2D eigenvalue weighted by Gasteiger charge is 2.29. The van der Waals surface area contributed by atoms with Crippen LogP contribution in [0.15, 0.2) is 0 Å². The van der Waals surface area contributed by atoms with E-state index in [2.05, 4.69) is 17.6 Å². The first kappa shape index (κ1) is 21.2. The van der Waals surface area contributed by atoms with Crippen molar-refractivity contribution in [2.75, 3.05) is 26.2 Å². The molecule has 0 aliphatic carbocycles. The van der Waals surface area contributed by atoms with Crippen LogP contribution in [0.4, 0.5) is 0 Å². The van der Waals surface area contributed by atoms with Gasteiger partial charge < -0.3 is 15.5 Å². The number of nitrogens with one attached hydrogen (secondary N) is 2. The molecule has 1 aliphatic heterocycles. The second kappa shape index (κ2) is 9.36. The fourth-order valence-corrected chi connectivity index (χ4v) is 2.45. The van der Waals surface area contributed by atoms with Crippen LogP contribution in [0.1, 0.15) is 47.5 Å². The third-order valence-electron chi connectivity index (χ3n) is 4.01. The van der Waals surface area contributed by atoms with E-state index in [1.54, 1.807) is 6.92 Å². The Balaban J connectivity index is 0.00000441. The summed E-state index contributed by atoms with van der Waals surface area (Å²) in [6, 6.07) is -0.443. The Labute approximate surface area is 141 Å². The first-order chi connectivity index (χ1) is 9.75. The number of rotatable bonds is 5. The molecule has 1 heterocycles. The van der Waals surface area contributed by atoms with Crippen LogP contribution in [0.5, 0.6) is 0 Å². The summed E-state index contributed by atoms with van der Waals surface area (Å²) in [6.07, 6.45) is 2.08. The molecule has 1 atom stereocenters. The number of likely N-dealkylation sites (tertiary alicyclic amines) is 1. The molecule has 1 aliphatic rings. The molecule has 0 radical (unpaired) electrons. The zero-order chi connectivity index (χ0) is 16.0. The van der Waals surface area contributed by atoms with E-state index in [-0.39, 0.29) is 24.2 Å². The van der Waals surface area contributed by atoms with Gasteiger partial charge in [0.15, 0.2) is 0 Å². The lowest BCUT2D eigenvalue weighted by molar-refractivity contribution is -0.139. The lowest BCUT2D eigenvalue weighted by Crippen LogP contribution is -2.51. The molecular formula is C16H32ClN3O2. The predicted octanol–water partition coefficient (Wildman–Crippen LogP) is 1.81. The molecule has 0 saturated carbocycles. The van der Waals surface area contributed by atoms with E-state index < -0.39 is 11.5 Å². The fourth-order valence-electron chi connectivity index (χ4n) is 2.45. The lowest BCUT2D eigenvalue weighted by Gasteiger charge is -2.34. The molecule has 0 aromatic carbocycles. The largest absolute Gasteiger partial charge is 0.344 e. The van der Waals surface area contributed by atoms with Gasteiger partial charge >= 0.3 is 0 Å². The van der Waals surface area contributed by atoms with Crippen LogP contribution >= 0.6 is 12.4 Å². The number of carbonyl (C=O) groups is 2. The molecule has 130 valence electrons. The second-order valence-electron chi connectivity index (χ2n) is 7.02. The maximum Gasteiger partial charge on any atom is 0.244 e. The molecule has 2 amide bonds. The number of carbonyl (C=O) groups excluding carboxylic acids is 2. The van der Waals surface area contributed by atoms with Crippen molar-refractivity contribution in [3.05, 3.63) is 0 Å². The maximum atomic E-state index is 12.4. The summed E-state index contributed by atoms with van der Waals surface area (Å²) in [5.41, 5.74) is -0.465. The zero-order valence-corrected chi connectivity index (χ0v) is 15.4. The number of halogens is 1. The Bertz CT molecular complexity index is 361. The number of nitrogens with zero attached hydrogens (tertiary/aromatic N) is 1. The SMILES string of the molecule is CCNCC1CCN(C(=O)C(C)NC(=O)C(C)(C)C)CC1.Cl. The lowest BCUT2D eigenvalue weighted by atomic mass is 9.94. The standard InChI is InChI=1S/C16H31N3O2.ClH/c1-6-17-11-13-7-9-19(10-8-13)14(20)12(2)18-15(21)16(3,4)5;/h12-13,17H,6-11H2,1-5H3,(H,18,21);1H. The molecule has 2 N–H and O–H groups in total. The van der Waals surface area contributed by atoms with Gasteiger partial charge in [-0.05, 0) is 38.8 Å². The van der Waals surface area contributed by atoms with E-state index in [0.29, 0.717) is 5.92 Å². The summed E-state index contributed by atoms with van der Waals surface area (Å²) in [5.74, 6) is 0.619. The van der Waals surface area contributed by atoms with Crippen molar-refractivity contribution in [3.63, 3.8) is 0 Å². The van der Waals surface area contributed by atoms with Crippen molar-refractivity contribution < 1.29 is 9.59 Å². The van der Waals surface area contributed by atoms with Gasteiger partial charge in [-0.1, -0.05) is 27.7 Å². The minimum Gasteiger partial charge on any atom is -0.344 e. The maximum absolute atomic E-state index is 12.4. The predicted molar refractivity (Wildman–Crippen MR) is 92.2 cm³/mol. The average Bonchev–Trinajstić information content (AvgIpc) is 2.43. The van der Waals surface area contributed by atoms with Gasteiger partial charge in [-0.3, -0.25) is 9.59 Å². The first-order valence-electron chi connectivity index (χ1n) is 8.06. The number of amides is 2. The van der Waals surface area contributed by atoms with Crippen molar-refractivity contribution >= 4 is 24.2 Å². The van der Waals surface area contributed by atoms with Crippen LogP contribution in [0.2, 0.25) is 0 Å². The third-order valence-corrected chi connectivity index (χ3v) is 4.01. The van der Waals surface area contributed by atoms with Crippen LogP contribution in [0.3, 0.4) is 0 Å². The van der Waals surface area contributed by atoms with E-state index in [4.69, 9.17) is 0 Å². The van der Waals surface area contributed by atoms with Crippen molar-refractivity contribution in [2.24, 2.45) is 11.3 Å². The van der Waals surface area contributed by atoms with Crippen LogP contribution in [-0.2, 0) is 9.59 Å². The van der Waals surface area contributed by atoms with E-state index in [0.717, 1.165) is 39.0 Å². The highest BCUT2D eigenvalue weighted by molar-refractivity contribution is 5.89. The minimum absolute atomic E-state index is 0. The normalized spacial score (nSPS) is 17.6. The van der Waals surface area contributed by atoms with Gasteiger partial charge in [0.1, 0.15) is 6.04 Å². The Morgan fingerprint density at radius 3 is 2.23 bits per heavy atom.